The molecule has 2 aromatic carbocycles. The van der Waals surface area contributed by atoms with Crippen LogP contribution in [0.15, 0.2) is 83.9 Å². The Bertz CT molecular complexity index is 778. The minimum absolute atomic E-state index is 0.544. The summed E-state index contributed by atoms with van der Waals surface area (Å²) >= 11 is 0. The quantitative estimate of drug-likeness (QED) is 0.941. The maximum Gasteiger partial charge on any atom is 0.219 e. The highest BCUT2D eigenvalue weighted by atomic mass is 16.5. The van der Waals surface area contributed by atoms with Crippen molar-refractivity contribution in [1.82, 2.24) is 5.32 Å². The van der Waals surface area contributed by atoms with Gasteiger partial charge in [-0.1, -0.05) is 66.7 Å². The number of hydrogen-bond donors (Lipinski definition) is 1. The first kappa shape index (κ1) is 13.8. The molecule has 0 aliphatic carbocycles. The lowest BCUT2D eigenvalue weighted by Gasteiger charge is -2.35. The summed E-state index contributed by atoms with van der Waals surface area (Å²) in [6.07, 6.45) is 6.29. The Morgan fingerprint density at radius 2 is 1.70 bits per heavy atom. The Balaban J connectivity index is 1.79. The predicted octanol–water partition coefficient (Wildman–Crippen LogP) is 3.51. The molecule has 23 heavy (non-hydrogen) atoms. The standard InChI is InChI=1S/C20H18N2O/c1-3-8-16(9-4-1)18-12-7-13-20(22-18,19-21-14-15-23-19)17-10-5-2-6-11-17/h1-13,22H,14-15H2/t20-/m0/s1. The van der Waals surface area contributed by atoms with Gasteiger partial charge in [-0.3, -0.25) is 0 Å². The highest BCUT2D eigenvalue weighted by molar-refractivity contribution is 5.93. The first-order chi connectivity index (χ1) is 11.4. The summed E-state index contributed by atoms with van der Waals surface area (Å²) in [7, 11) is 0. The molecule has 1 N–H and O–H groups in total. The van der Waals surface area contributed by atoms with Crippen LogP contribution in [0.2, 0.25) is 0 Å². The third-order valence-corrected chi connectivity index (χ3v) is 4.18. The van der Waals surface area contributed by atoms with Gasteiger partial charge >= 0.3 is 0 Å². The molecule has 0 saturated carbocycles. The van der Waals surface area contributed by atoms with Gasteiger partial charge in [-0.05, 0) is 23.3 Å². The lowest BCUT2D eigenvalue weighted by molar-refractivity contribution is 0.315. The number of benzene rings is 2. The summed E-state index contributed by atoms with van der Waals surface area (Å²) < 4.78 is 5.84. The average Bonchev–Trinajstić information content (AvgIpc) is 3.18. The van der Waals surface area contributed by atoms with Gasteiger partial charge < -0.3 is 10.1 Å². The van der Waals surface area contributed by atoms with Crippen LogP contribution in [0, 0.1) is 0 Å². The second kappa shape index (κ2) is 5.76. The second-order valence-electron chi connectivity index (χ2n) is 5.64. The van der Waals surface area contributed by atoms with Crippen molar-refractivity contribution >= 4 is 11.6 Å². The Morgan fingerprint density at radius 1 is 0.957 bits per heavy atom. The van der Waals surface area contributed by atoms with E-state index < -0.39 is 5.54 Å². The minimum Gasteiger partial charge on any atom is -0.477 e. The molecule has 0 radical (unpaired) electrons. The molecule has 3 nitrogen and oxygen atoms in total. The normalized spacial score (nSPS) is 22.8. The van der Waals surface area contributed by atoms with E-state index in [-0.39, 0.29) is 0 Å². The van der Waals surface area contributed by atoms with Crippen molar-refractivity contribution in [3.8, 4) is 0 Å². The number of hydrogen-bond acceptors (Lipinski definition) is 3. The molecule has 0 saturated heterocycles. The van der Waals surface area contributed by atoms with Crippen molar-refractivity contribution in [2.75, 3.05) is 13.2 Å². The molecule has 1 atom stereocenters. The number of dihydropyridines is 1. The third-order valence-electron chi connectivity index (χ3n) is 4.18. The molecular formula is C20H18N2O. The van der Waals surface area contributed by atoms with E-state index in [0.717, 1.165) is 22.7 Å². The SMILES string of the molecule is C1=C[C@@](C2=NCCO2)(c2ccccc2)NC(c2ccccc2)=C1. The first-order valence-electron chi connectivity index (χ1n) is 7.85. The van der Waals surface area contributed by atoms with E-state index in [0.29, 0.717) is 13.2 Å². The van der Waals surface area contributed by atoms with Crippen LogP contribution in [0.1, 0.15) is 11.1 Å². The maximum atomic E-state index is 5.84. The third kappa shape index (κ3) is 2.44. The number of aliphatic imine (C=N–C) groups is 1. The zero-order chi connectivity index (χ0) is 15.5. The van der Waals surface area contributed by atoms with Crippen LogP contribution in [0.25, 0.3) is 5.70 Å². The maximum absolute atomic E-state index is 5.84. The topological polar surface area (TPSA) is 33.6 Å². The van der Waals surface area contributed by atoms with E-state index in [1.165, 1.54) is 0 Å². The van der Waals surface area contributed by atoms with Gasteiger partial charge in [-0.25, -0.2) is 4.99 Å². The summed E-state index contributed by atoms with van der Waals surface area (Å²) in [6, 6.07) is 20.6. The van der Waals surface area contributed by atoms with E-state index in [1.54, 1.807) is 0 Å². The molecule has 0 aromatic heterocycles. The molecule has 4 rings (SSSR count). The van der Waals surface area contributed by atoms with E-state index in [4.69, 9.17) is 4.74 Å². The fraction of sp³-hybridized carbons (Fsp3) is 0.150. The highest BCUT2D eigenvalue weighted by Gasteiger charge is 2.40. The van der Waals surface area contributed by atoms with Crippen LogP contribution in [-0.4, -0.2) is 19.0 Å². The number of ether oxygens (including phenoxy) is 1. The second-order valence-corrected chi connectivity index (χ2v) is 5.64. The van der Waals surface area contributed by atoms with Gasteiger partial charge in [0.25, 0.3) is 0 Å². The predicted molar refractivity (Wildman–Crippen MR) is 93.1 cm³/mol. The molecule has 3 heteroatoms. The van der Waals surface area contributed by atoms with E-state index in [1.807, 2.05) is 36.4 Å². The first-order valence-corrected chi connectivity index (χ1v) is 7.85. The van der Waals surface area contributed by atoms with Gasteiger partial charge in [-0.15, -0.1) is 0 Å². The van der Waals surface area contributed by atoms with Crippen LogP contribution in [-0.2, 0) is 10.3 Å². The molecule has 0 amide bonds. The summed E-state index contributed by atoms with van der Waals surface area (Å²) in [5.41, 5.74) is 2.79. The summed E-state index contributed by atoms with van der Waals surface area (Å²) in [5, 5.41) is 3.66. The van der Waals surface area contributed by atoms with Gasteiger partial charge in [0, 0.05) is 5.70 Å². The number of nitrogens with one attached hydrogen (secondary N) is 1. The molecule has 2 aliphatic heterocycles. The number of rotatable bonds is 3. The van der Waals surface area contributed by atoms with Gasteiger partial charge in [0.05, 0.1) is 6.54 Å². The molecule has 2 aromatic rings. The van der Waals surface area contributed by atoms with Crippen LogP contribution in [0.4, 0.5) is 0 Å². The van der Waals surface area contributed by atoms with E-state index in [2.05, 4.69) is 52.8 Å². The Hall–Kier alpha value is -2.81. The van der Waals surface area contributed by atoms with Gasteiger partial charge in [-0.2, -0.15) is 0 Å². The van der Waals surface area contributed by atoms with Crippen molar-refractivity contribution < 1.29 is 4.74 Å². The highest BCUT2D eigenvalue weighted by Crippen LogP contribution is 2.33. The van der Waals surface area contributed by atoms with Crippen LogP contribution < -0.4 is 5.32 Å². The fourth-order valence-corrected chi connectivity index (χ4v) is 3.06. The van der Waals surface area contributed by atoms with Crippen LogP contribution in [0.5, 0.6) is 0 Å². The molecular weight excluding hydrogens is 284 g/mol. The lowest BCUT2D eigenvalue weighted by atomic mass is 9.86. The zero-order valence-electron chi connectivity index (χ0n) is 12.8. The number of allylic oxidation sites excluding steroid dienone is 2. The van der Waals surface area contributed by atoms with Crippen molar-refractivity contribution in [3.05, 3.63) is 90.0 Å². The van der Waals surface area contributed by atoms with Crippen molar-refractivity contribution in [3.63, 3.8) is 0 Å². The largest absolute Gasteiger partial charge is 0.477 e. The summed E-state index contributed by atoms with van der Waals surface area (Å²) in [4.78, 5) is 4.59. The molecule has 0 fully saturated rings. The van der Waals surface area contributed by atoms with E-state index in [9.17, 15) is 0 Å². The van der Waals surface area contributed by atoms with Gasteiger partial charge in [0.1, 0.15) is 6.61 Å². The van der Waals surface area contributed by atoms with Crippen LogP contribution in [0.3, 0.4) is 0 Å². The molecule has 114 valence electrons. The lowest BCUT2D eigenvalue weighted by Crippen LogP contribution is -2.48. The molecule has 0 unspecified atom stereocenters. The van der Waals surface area contributed by atoms with Crippen molar-refractivity contribution in [2.45, 2.75) is 5.54 Å². The molecule has 0 bridgehead atoms. The van der Waals surface area contributed by atoms with Crippen molar-refractivity contribution in [2.24, 2.45) is 4.99 Å². The minimum atomic E-state index is -0.544. The summed E-state index contributed by atoms with van der Waals surface area (Å²) in [6.45, 7) is 1.35. The Labute approximate surface area is 136 Å². The Kier molecular flexibility index (Phi) is 3.46. The smallest absolute Gasteiger partial charge is 0.219 e. The molecule has 2 heterocycles. The van der Waals surface area contributed by atoms with Crippen LogP contribution >= 0.6 is 0 Å². The Morgan fingerprint density at radius 3 is 2.39 bits per heavy atom. The zero-order valence-corrected chi connectivity index (χ0v) is 12.8. The van der Waals surface area contributed by atoms with Gasteiger partial charge in [0.2, 0.25) is 5.90 Å². The molecule has 0 spiro atoms. The average molecular weight is 302 g/mol. The monoisotopic (exact) mass is 302 g/mol. The van der Waals surface area contributed by atoms with Crippen molar-refractivity contribution in [1.29, 1.82) is 0 Å². The number of nitrogens with zero attached hydrogens (tertiary/aromatic N) is 1. The molecule has 2 aliphatic rings. The van der Waals surface area contributed by atoms with Gasteiger partial charge in [0.15, 0.2) is 5.54 Å². The van der Waals surface area contributed by atoms with E-state index >= 15 is 0 Å². The fourth-order valence-electron chi connectivity index (χ4n) is 3.06. The summed E-state index contributed by atoms with van der Waals surface area (Å²) in [5.74, 6) is 0.737.